The van der Waals surface area contributed by atoms with Gasteiger partial charge in [0.2, 0.25) is 0 Å². The predicted molar refractivity (Wildman–Crippen MR) is 130 cm³/mol. The minimum atomic E-state index is -2.94. The quantitative estimate of drug-likeness (QED) is 0.623. The van der Waals surface area contributed by atoms with Crippen molar-refractivity contribution in [3.8, 4) is 0 Å². The number of nitrogens with zero attached hydrogens (tertiary/aromatic N) is 3. The van der Waals surface area contributed by atoms with Crippen LogP contribution in [0, 0.1) is 23.1 Å². The number of benzene rings is 1. The maximum atomic E-state index is 15.3. The van der Waals surface area contributed by atoms with Gasteiger partial charge in [0, 0.05) is 42.5 Å². The molecule has 2 aromatic rings. The van der Waals surface area contributed by atoms with E-state index in [-0.39, 0.29) is 45.5 Å². The molecular weight excluding hydrogens is 469 g/mol. The van der Waals surface area contributed by atoms with Crippen LogP contribution in [0.5, 0.6) is 0 Å². The Morgan fingerprint density at radius 2 is 1.78 bits per heavy atom. The molecule has 0 radical (unpaired) electrons. The Bertz CT molecular complexity index is 1290. The highest BCUT2D eigenvalue weighted by atomic mass is 19.3. The SMILES string of the molecule is C[C@H](c1cccc(C(F)F)c1F)N(c1cc(=O)n(C23CC(C)(C2)C3)cc1C(N)=O)C1C2CN(C)CC21. The molecule has 4 saturated carbocycles. The summed E-state index contributed by atoms with van der Waals surface area (Å²) in [7, 11) is 2.03. The number of nitrogens with two attached hydrogens (primary N) is 1. The highest BCUT2D eigenvalue weighted by Gasteiger charge is 2.66. The van der Waals surface area contributed by atoms with E-state index in [1.54, 1.807) is 17.7 Å². The molecule has 2 bridgehead atoms. The monoisotopic (exact) mass is 500 g/mol. The molecule has 2 heterocycles. The van der Waals surface area contributed by atoms with Crippen LogP contribution in [0.25, 0.3) is 0 Å². The van der Waals surface area contributed by atoms with Crippen LogP contribution in [-0.4, -0.2) is 41.6 Å². The topological polar surface area (TPSA) is 71.6 Å². The first-order valence-corrected chi connectivity index (χ1v) is 12.5. The largest absolute Gasteiger partial charge is 0.365 e. The van der Waals surface area contributed by atoms with E-state index in [9.17, 15) is 18.4 Å². The molecule has 6 nitrogen and oxygen atoms in total. The number of piperidine rings is 1. The first-order chi connectivity index (χ1) is 16.9. The minimum Gasteiger partial charge on any atom is -0.365 e. The summed E-state index contributed by atoms with van der Waals surface area (Å²) in [6.07, 6.45) is 1.31. The molecule has 1 amide bonds. The van der Waals surface area contributed by atoms with Gasteiger partial charge < -0.3 is 20.1 Å². The summed E-state index contributed by atoms with van der Waals surface area (Å²) in [5.74, 6) is -1.07. The van der Waals surface area contributed by atoms with Crippen LogP contribution < -0.4 is 16.2 Å². The summed E-state index contributed by atoms with van der Waals surface area (Å²) in [6.45, 7) is 5.60. The molecule has 1 aliphatic heterocycles. The van der Waals surface area contributed by atoms with Crippen molar-refractivity contribution in [3.63, 3.8) is 0 Å². The zero-order valence-corrected chi connectivity index (χ0v) is 20.7. The summed E-state index contributed by atoms with van der Waals surface area (Å²) >= 11 is 0. The molecule has 0 spiro atoms. The van der Waals surface area contributed by atoms with Gasteiger partial charge in [-0.1, -0.05) is 25.1 Å². The Kier molecular flexibility index (Phi) is 4.98. The van der Waals surface area contributed by atoms with E-state index >= 15 is 4.39 Å². The molecule has 1 aromatic heterocycles. The maximum absolute atomic E-state index is 15.3. The van der Waals surface area contributed by atoms with Crippen molar-refractivity contribution < 1.29 is 18.0 Å². The summed E-state index contributed by atoms with van der Waals surface area (Å²) < 4.78 is 43.9. The molecule has 192 valence electrons. The first kappa shape index (κ1) is 23.6. The van der Waals surface area contributed by atoms with Crippen LogP contribution in [0.2, 0.25) is 0 Å². The van der Waals surface area contributed by atoms with Crippen molar-refractivity contribution in [1.82, 2.24) is 9.47 Å². The number of amides is 1. The Balaban J connectivity index is 1.46. The van der Waals surface area contributed by atoms with Gasteiger partial charge in [-0.25, -0.2) is 13.2 Å². The van der Waals surface area contributed by atoms with Crippen molar-refractivity contribution >= 4 is 11.6 Å². The number of likely N-dealkylation sites (tertiary alicyclic amines) is 1. The van der Waals surface area contributed by atoms with E-state index in [1.807, 2.05) is 11.9 Å². The smallest absolute Gasteiger partial charge is 0.266 e. The van der Waals surface area contributed by atoms with Gasteiger partial charge in [0.25, 0.3) is 17.9 Å². The number of primary amides is 1. The third kappa shape index (κ3) is 3.27. The lowest BCUT2D eigenvalue weighted by atomic mass is 9.40. The summed E-state index contributed by atoms with van der Waals surface area (Å²) in [6, 6.07) is 4.72. The molecule has 3 atom stereocenters. The van der Waals surface area contributed by atoms with Gasteiger partial charge in [-0.05, 0) is 50.5 Å². The van der Waals surface area contributed by atoms with Gasteiger partial charge in [-0.15, -0.1) is 0 Å². The molecule has 2 N–H and O–H groups in total. The number of carbonyl (C=O) groups is 1. The third-order valence-electron chi connectivity index (χ3n) is 9.17. The Morgan fingerprint density at radius 3 is 2.33 bits per heavy atom. The normalized spacial score (nSPS) is 33.0. The number of hydrogen-bond donors (Lipinski definition) is 1. The molecule has 9 heteroatoms. The zero-order chi connectivity index (χ0) is 25.7. The summed E-state index contributed by atoms with van der Waals surface area (Å²) in [4.78, 5) is 30.2. The molecule has 7 rings (SSSR count). The number of rotatable bonds is 7. The van der Waals surface area contributed by atoms with Crippen LogP contribution in [0.3, 0.4) is 0 Å². The molecule has 5 fully saturated rings. The second kappa shape index (κ2) is 7.60. The number of halogens is 3. The number of aromatic nitrogens is 1. The lowest BCUT2D eigenvalue weighted by Crippen LogP contribution is -2.68. The molecular formula is C27H31F3N4O2. The summed E-state index contributed by atoms with van der Waals surface area (Å²) in [5, 5.41) is 0. The Labute approximate surface area is 207 Å². The molecule has 36 heavy (non-hydrogen) atoms. The zero-order valence-electron chi connectivity index (χ0n) is 20.7. The number of hydrogen-bond acceptors (Lipinski definition) is 4. The maximum Gasteiger partial charge on any atom is 0.266 e. The van der Waals surface area contributed by atoms with Gasteiger partial charge in [0.15, 0.2) is 0 Å². The van der Waals surface area contributed by atoms with Crippen LogP contribution >= 0.6 is 0 Å². The Morgan fingerprint density at radius 1 is 1.17 bits per heavy atom. The standard InChI is InChI=1S/C27H31F3N4O2/c1-14(15-5-4-6-16(22(15)28)24(29)30)34(23-17-8-32(3)9-18(17)23)20-7-21(35)33(10-19(20)25(31)36)27-11-26(2,12-27)13-27/h4-7,10,14,17-18,23-24H,8-9,11-13H2,1-3H3,(H2,31,36)/t14-,17?,18?,23?,26?,27?/m1/s1. The van der Waals surface area contributed by atoms with Crippen LogP contribution in [0.15, 0.2) is 35.3 Å². The number of pyridine rings is 1. The van der Waals surface area contributed by atoms with E-state index < -0.39 is 29.8 Å². The first-order valence-electron chi connectivity index (χ1n) is 12.5. The third-order valence-corrected chi connectivity index (χ3v) is 9.17. The average Bonchev–Trinajstić information content (AvgIpc) is 3.24. The van der Waals surface area contributed by atoms with Crippen molar-refractivity contribution in [3.05, 3.63) is 63.3 Å². The van der Waals surface area contributed by atoms with Crippen molar-refractivity contribution in [2.75, 3.05) is 25.0 Å². The van der Waals surface area contributed by atoms with Gasteiger partial charge in [0.1, 0.15) is 5.82 Å². The minimum absolute atomic E-state index is 0.0481. The van der Waals surface area contributed by atoms with Gasteiger partial charge in [-0.2, -0.15) is 0 Å². The lowest BCUT2D eigenvalue weighted by molar-refractivity contribution is -0.175. The lowest BCUT2D eigenvalue weighted by Gasteiger charge is -2.70. The van der Waals surface area contributed by atoms with Crippen LogP contribution in [0.4, 0.5) is 18.9 Å². The fourth-order valence-electron chi connectivity index (χ4n) is 7.74. The van der Waals surface area contributed by atoms with E-state index in [2.05, 4.69) is 11.8 Å². The van der Waals surface area contributed by atoms with E-state index in [4.69, 9.17) is 5.73 Å². The molecule has 2 unspecified atom stereocenters. The van der Waals surface area contributed by atoms with Crippen molar-refractivity contribution in [2.45, 2.75) is 57.2 Å². The number of carbonyl (C=O) groups excluding carboxylic acids is 1. The number of alkyl halides is 2. The van der Waals surface area contributed by atoms with E-state index in [0.717, 1.165) is 38.4 Å². The fraction of sp³-hybridized carbons (Fsp3) is 0.556. The highest BCUT2D eigenvalue weighted by Crippen LogP contribution is 2.70. The van der Waals surface area contributed by atoms with E-state index in [0.29, 0.717) is 5.69 Å². The van der Waals surface area contributed by atoms with Crippen LogP contribution in [-0.2, 0) is 5.54 Å². The number of anilines is 1. The van der Waals surface area contributed by atoms with Gasteiger partial charge in [0.05, 0.1) is 22.9 Å². The molecule has 1 aromatic carbocycles. The number of fused-ring (bicyclic) bond motifs is 1. The fourth-order valence-corrected chi connectivity index (χ4v) is 7.74. The average molecular weight is 501 g/mol. The van der Waals surface area contributed by atoms with Crippen molar-refractivity contribution in [2.24, 2.45) is 23.0 Å². The molecule has 4 aliphatic carbocycles. The Hall–Kier alpha value is -2.81. The second-order valence-corrected chi connectivity index (χ2v) is 11.9. The van der Waals surface area contributed by atoms with Gasteiger partial charge in [-0.3, -0.25) is 9.59 Å². The predicted octanol–water partition coefficient (Wildman–Crippen LogP) is 4.05. The van der Waals surface area contributed by atoms with E-state index in [1.165, 1.54) is 18.2 Å². The van der Waals surface area contributed by atoms with Gasteiger partial charge >= 0.3 is 0 Å². The second-order valence-electron chi connectivity index (χ2n) is 11.9. The highest BCUT2D eigenvalue weighted by molar-refractivity contribution is 5.98. The van der Waals surface area contributed by atoms with Crippen molar-refractivity contribution in [1.29, 1.82) is 0 Å². The molecule has 1 saturated heterocycles. The summed E-state index contributed by atoms with van der Waals surface area (Å²) in [5.41, 5.74) is 5.64. The molecule has 5 aliphatic rings. The van der Waals surface area contributed by atoms with Crippen LogP contribution in [0.1, 0.15) is 67.1 Å².